The van der Waals surface area contributed by atoms with Gasteiger partial charge in [0, 0.05) is 0 Å². The van der Waals surface area contributed by atoms with Crippen molar-refractivity contribution < 1.29 is 18.9 Å². The minimum absolute atomic E-state index is 0.0998. The molecule has 0 saturated heterocycles. The smallest absolute Gasteiger partial charge is 0.378 e. The molecule has 1 aromatic carbocycles. The fourth-order valence-electron chi connectivity index (χ4n) is 1.62. The van der Waals surface area contributed by atoms with Crippen molar-refractivity contribution in [3.8, 4) is 0 Å². The van der Waals surface area contributed by atoms with Crippen LogP contribution in [0.3, 0.4) is 0 Å². The van der Waals surface area contributed by atoms with Gasteiger partial charge in [-0.1, -0.05) is 41.9 Å². The maximum Gasteiger partial charge on any atom is 0.386 e. The van der Waals surface area contributed by atoms with E-state index >= 15 is 0 Å². The van der Waals surface area contributed by atoms with E-state index < -0.39 is 17.7 Å². The standard InChI is InChI=1S/C11H11ClNO5PS/c1-7-9(12)10(14)13(18-7)11(20-19(15,16)17)8-5-3-2-4-6-8/h2-6,11H,1H3,(H2,15,16,17). The van der Waals surface area contributed by atoms with E-state index in [0.717, 1.165) is 4.74 Å². The van der Waals surface area contributed by atoms with Gasteiger partial charge >= 0.3 is 12.4 Å². The Morgan fingerprint density at radius 1 is 1.35 bits per heavy atom. The molecule has 0 saturated carbocycles. The fraction of sp³-hybridized carbons (Fsp3) is 0.182. The van der Waals surface area contributed by atoms with Gasteiger partial charge in [0.15, 0.2) is 11.1 Å². The lowest BCUT2D eigenvalue weighted by atomic mass is 10.2. The van der Waals surface area contributed by atoms with Crippen LogP contribution in [0.4, 0.5) is 0 Å². The van der Waals surface area contributed by atoms with Crippen LogP contribution in [-0.4, -0.2) is 14.5 Å². The molecule has 0 aliphatic carbocycles. The van der Waals surface area contributed by atoms with Gasteiger partial charge in [0.1, 0.15) is 5.02 Å². The van der Waals surface area contributed by atoms with Gasteiger partial charge in [0.05, 0.1) is 0 Å². The molecule has 20 heavy (non-hydrogen) atoms. The first-order valence-corrected chi connectivity index (χ1v) is 8.94. The number of halogens is 1. The molecule has 6 nitrogen and oxygen atoms in total. The molecule has 2 N–H and O–H groups in total. The summed E-state index contributed by atoms with van der Waals surface area (Å²) < 4.78 is 17.3. The highest BCUT2D eigenvalue weighted by Gasteiger charge is 2.29. The minimum Gasteiger partial charge on any atom is -0.378 e. The number of rotatable bonds is 4. The zero-order valence-electron chi connectivity index (χ0n) is 10.3. The summed E-state index contributed by atoms with van der Waals surface area (Å²) in [6, 6.07) is 8.44. The number of hydrogen-bond acceptors (Lipinski definition) is 4. The second kappa shape index (κ2) is 5.79. The van der Waals surface area contributed by atoms with E-state index in [1.54, 1.807) is 30.3 Å². The predicted octanol–water partition coefficient (Wildman–Crippen LogP) is 2.78. The van der Waals surface area contributed by atoms with E-state index in [-0.39, 0.29) is 10.8 Å². The Morgan fingerprint density at radius 3 is 2.40 bits per heavy atom. The minimum atomic E-state index is -4.42. The molecule has 0 aliphatic heterocycles. The largest absolute Gasteiger partial charge is 0.386 e. The van der Waals surface area contributed by atoms with Crippen LogP contribution in [0.1, 0.15) is 16.7 Å². The van der Waals surface area contributed by atoms with Gasteiger partial charge in [-0.3, -0.25) is 4.79 Å². The summed E-state index contributed by atoms with van der Waals surface area (Å²) in [5.41, 5.74) is -0.104. The molecule has 1 heterocycles. The summed E-state index contributed by atoms with van der Waals surface area (Å²) in [5.74, 6) is 0.198. The Bertz CT molecular complexity index is 707. The van der Waals surface area contributed by atoms with E-state index in [0.29, 0.717) is 16.9 Å². The van der Waals surface area contributed by atoms with Crippen molar-refractivity contribution >= 4 is 29.8 Å². The molecule has 0 amide bonds. The van der Waals surface area contributed by atoms with Gasteiger partial charge in [0.25, 0.3) is 0 Å². The van der Waals surface area contributed by atoms with E-state index in [9.17, 15) is 9.36 Å². The summed E-state index contributed by atoms with van der Waals surface area (Å²) in [6.07, 6.45) is 0. The van der Waals surface area contributed by atoms with Crippen molar-refractivity contribution in [1.82, 2.24) is 4.74 Å². The van der Waals surface area contributed by atoms with Crippen LogP contribution in [0.25, 0.3) is 0 Å². The molecule has 0 fully saturated rings. The first-order chi connectivity index (χ1) is 9.29. The maximum atomic E-state index is 12.0. The monoisotopic (exact) mass is 335 g/mol. The Labute approximate surface area is 123 Å². The van der Waals surface area contributed by atoms with Crippen LogP contribution < -0.4 is 5.56 Å². The molecule has 108 valence electrons. The van der Waals surface area contributed by atoms with Gasteiger partial charge in [0.2, 0.25) is 0 Å². The van der Waals surface area contributed by atoms with Crippen LogP contribution in [0.5, 0.6) is 0 Å². The van der Waals surface area contributed by atoms with Crippen LogP contribution in [-0.2, 0) is 4.57 Å². The second-order valence-corrected chi connectivity index (χ2v) is 8.03. The number of aryl methyl sites for hydroxylation is 1. The molecule has 0 aliphatic rings. The van der Waals surface area contributed by atoms with E-state index in [1.165, 1.54) is 6.92 Å². The van der Waals surface area contributed by atoms with Crippen LogP contribution in [0.2, 0.25) is 5.02 Å². The number of hydrogen-bond donors (Lipinski definition) is 2. The summed E-state index contributed by atoms with van der Waals surface area (Å²) >= 11 is 6.09. The zero-order chi connectivity index (χ0) is 14.9. The lowest BCUT2D eigenvalue weighted by Gasteiger charge is -2.16. The Balaban J connectivity index is 2.55. The second-order valence-electron chi connectivity index (χ2n) is 3.95. The summed E-state index contributed by atoms with van der Waals surface area (Å²) in [5, 5.41) is -1.09. The molecule has 9 heteroatoms. The average Bonchev–Trinajstić information content (AvgIpc) is 2.64. The van der Waals surface area contributed by atoms with Crippen molar-refractivity contribution in [2.24, 2.45) is 0 Å². The van der Waals surface area contributed by atoms with E-state index in [2.05, 4.69) is 0 Å². The highest BCUT2D eigenvalue weighted by molar-refractivity contribution is 8.54. The van der Waals surface area contributed by atoms with Crippen molar-refractivity contribution in [3.63, 3.8) is 0 Å². The Kier molecular flexibility index (Phi) is 4.46. The first-order valence-electron chi connectivity index (χ1n) is 5.46. The molecule has 1 atom stereocenters. The van der Waals surface area contributed by atoms with Crippen molar-refractivity contribution in [1.29, 1.82) is 0 Å². The molecule has 1 aromatic heterocycles. The molecular weight excluding hydrogens is 325 g/mol. The third-order valence-corrected chi connectivity index (χ3v) is 5.26. The van der Waals surface area contributed by atoms with Gasteiger partial charge in [-0.25, -0.2) is 4.57 Å². The average molecular weight is 336 g/mol. The summed E-state index contributed by atoms with van der Waals surface area (Å²) in [6.45, 7) is -2.92. The van der Waals surface area contributed by atoms with Crippen molar-refractivity contribution in [2.75, 3.05) is 0 Å². The molecule has 2 rings (SSSR count). The quantitative estimate of drug-likeness (QED) is 0.835. The van der Waals surface area contributed by atoms with E-state index in [4.69, 9.17) is 25.9 Å². The summed E-state index contributed by atoms with van der Waals surface area (Å²) in [4.78, 5) is 30.3. The Hall–Kier alpha value is -0.980. The van der Waals surface area contributed by atoms with Gasteiger partial charge in [-0.05, 0) is 23.9 Å². The van der Waals surface area contributed by atoms with Crippen molar-refractivity contribution in [2.45, 2.75) is 12.3 Å². The van der Waals surface area contributed by atoms with Gasteiger partial charge in [-0.15, -0.1) is 0 Å². The topological polar surface area (TPSA) is 92.7 Å². The van der Waals surface area contributed by atoms with Crippen LogP contribution in [0.15, 0.2) is 39.6 Å². The first kappa shape index (κ1) is 15.4. The molecular formula is C11H11ClNO5PS. The Morgan fingerprint density at radius 2 is 1.95 bits per heavy atom. The molecule has 0 bridgehead atoms. The van der Waals surface area contributed by atoms with Crippen LogP contribution in [0, 0.1) is 6.92 Å². The molecule has 2 aromatic rings. The fourth-order valence-corrected chi connectivity index (χ4v) is 3.90. The number of nitrogens with zero attached hydrogens (tertiary/aromatic N) is 1. The highest BCUT2D eigenvalue weighted by Crippen LogP contribution is 2.57. The van der Waals surface area contributed by atoms with Crippen molar-refractivity contribution in [3.05, 3.63) is 57.0 Å². The summed E-state index contributed by atoms with van der Waals surface area (Å²) in [7, 11) is 0. The molecule has 0 spiro atoms. The number of benzene rings is 1. The molecule has 1 unspecified atom stereocenters. The normalized spacial score (nSPS) is 13.4. The third-order valence-electron chi connectivity index (χ3n) is 2.47. The van der Waals surface area contributed by atoms with E-state index in [1.807, 2.05) is 0 Å². The zero-order valence-corrected chi connectivity index (χ0v) is 12.7. The predicted molar refractivity (Wildman–Crippen MR) is 76.9 cm³/mol. The highest BCUT2D eigenvalue weighted by atomic mass is 35.5. The number of aromatic nitrogens is 1. The third kappa shape index (κ3) is 3.37. The molecule has 0 radical (unpaired) electrons. The van der Waals surface area contributed by atoms with Gasteiger partial charge in [-0.2, -0.15) is 4.74 Å². The lowest BCUT2D eigenvalue weighted by Crippen LogP contribution is -2.19. The van der Waals surface area contributed by atoms with Gasteiger partial charge < -0.3 is 14.3 Å². The SMILES string of the molecule is Cc1on(C(SP(=O)(O)O)c2ccccc2)c(=O)c1Cl. The van der Waals surface area contributed by atoms with Crippen LogP contribution >= 0.6 is 29.8 Å². The maximum absolute atomic E-state index is 12.0. The lowest BCUT2D eigenvalue weighted by molar-refractivity contribution is 0.259.